The first-order valence-electron chi connectivity index (χ1n) is 5.23. The van der Waals surface area contributed by atoms with Gasteiger partial charge in [-0.25, -0.2) is 4.98 Å². The Morgan fingerprint density at radius 3 is 3.06 bits per heavy atom. The predicted molar refractivity (Wildman–Crippen MR) is 69.8 cm³/mol. The molecule has 0 atom stereocenters. The first-order valence-corrected chi connectivity index (χ1v) is 6.30. The average molecular weight is 335 g/mol. The third-order valence-corrected chi connectivity index (χ3v) is 3.55. The Balaban J connectivity index is 2.24. The van der Waals surface area contributed by atoms with Crippen LogP contribution < -0.4 is 10.5 Å². The Labute approximate surface area is 107 Å². The summed E-state index contributed by atoms with van der Waals surface area (Å²) in [6.45, 7) is 1.44. The second kappa shape index (κ2) is 5.13. The summed E-state index contributed by atoms with van der Waals surface area (Å²) in [5.41, 5.74) is -0.0753. The predicted octanol–water partition coefficient (Wildman–Crippen LogP) is 0.990. The first kappa shape index (κ1) is 11.8. The van der Waals surface area contributed by atoms with Gasteiger partial charge in [0.25, 0.3) is 5.56 Å². The third-order valence-electron chi connectivity index (χ3n) is 2.57. The number of methoxy groups -OCH3 is 1. The van der Waals surface area contributed by atoms with Crippen molar-refractivity contribution in [2.75, 3.05) is 25.2 Å². The van der Waals surface area contributed by atoms with E-state index in [-0.39, 0.29) is 5.56 Å². The van der Waals surface area contributed by atoms with E-state index < -0.39 is 0 Å². The highest BCUT2D eigenvalue weighted by Crippen LogP contribution is 2.31. The van der Waals surface area contributed by atoms with Crippen LogP contribution in [0.15, 0.2) is 11.1 Å². The van der Waals surface area contributed by atoms with Crippen molar-refractivity contribution in [3.63, 3.8) is 0 Å². The van der Waals surface area contributed by atoms with Crippen molar-refractivity contribution in [3.05, 3.63) is 20.3 Å². The number of halogens is 1. The summed E-state index contributed by atoms with van der Waals surface area (Å²) in [5.74, 6) is 0.781. The molecule has 0 aromatic carbocycles. The quantitative estimate of drug-likeness (QED) is 0.816. The number of nitrogens with one attached hydrogen (secondary N) is 1. The fourth-order valence-electron chi connectivity index (χ4n) is 1.61. The largest absolute Gasteiger partial charge is 0.383 e. The zero-order chi connectivity index (χ0) is 11.5. The van der Waals surface area contributed by atoms with Gasteiger partial charge in [-0.2, -0.15) is 0 Å². The molecule has 0 radical (unpaired) electrons. The van der Waals surface area contributed by atoms with E-state index in [1.54, 1.807) is 7.11 Å². The summed E-state index contributed by atoms with van der Waals surface area (Å²) in [7, 11) is 1.68. The average Bonchev–Trinajstić information content (AvgIpc) is 3.08. The molecule has 1 N–H and O–H groups in total. The maximum absolute atomic E-state index is 11.5. The molecule has 5 nitrogen and oxygen atoms in total. The SMILES string of the molecule is COCCN(c1nc[nH]c(=O)c1I)C1CC1. The number of ether oxygens (including phenoxy) is 1. The second-order valence-electron chi connectivity index (χ2n) is 3.79. The van der Waals surface area contributed by atoms with Crippen LogP contribution in [0.1, 0.15) is 12.8 Å². The Morgan fingerprint density at radius 1 is 1.69 bits per heavy atom. The molecule has 0 unspecified atom stereocenters. The zero-order valence-corrected chi connectivity index (χ0v) is 11.2. The number of aromatic nitrogens is 2. The summed E-state index contributed by atoms with van der Waals surface area (Å²) >= 11 is 2.04. The molecule has 1 aliphatic carbocycles. The van der Waals surface area contributed by atoms with Crippen molar-refractivity contribution in [3.8, 4) is 0 Å². The van der Waals surface area contributed by atoms with E-state index >= 15 is 0 Å². The molecule has 0 saturated heterocycles. The van der Waals surface area contributed by atoms with Crippen molar-refractivity contribution >= 4 is 28.4 Å². The maximum atomic E-state index is 11.5. The molecule has 1 aromatic heterocycles. The van der Waals surface area contributed by atoms with E-state index in [1.165, 1.54) is 19.2 Å². The molecule has 0 aliphatic heterocycles. The van der Waals surface area contributed by atoms with Crippen molar-refractivity contribution < 1.29 is 4.74 Å². The molecular formula is C10H14IN3O2. The number of aromatic amines is 1. The number of hydrogen-bond acceptors (Lipinski definition) is 4. The summed E-state index contributed by atoms with van der Waals surface area (Å²) in [5, 5.41) is 0. The van der Waals surface area contributed by atoms with E-state index in [4.69, 9.17) is 4.74 Å². The van der Waals surface area contributed by atoms with Gasteiger partial charge in [0, 0.05) is 19.7 Å². The molecule has 1 heterocycles. The van der Waals surface area contributed by atoms with Crippen LogP contribution in [-0.2, 0) is 4.74 Å². The zero-order valence-electron chi connectivity index (χ0n) is 9.07. The van der Waals surface area contributed by atoms with Gasteiger partial charge in [0.2, 0.25) is 0 Å². The number of anilines is 1. The van der Waals surface area contributed by atoms with Crippen LogP contribution in [0.4, 0.5) is 5.82 Å². The van der Waals surface area contributed by atoms with E-state index in [0.717, 1.165) is 12.4 Å². The smallest absolute Gasteiger partial charge is 0.266 e. The van der Waals surface area contributed by atoms with Gasteiger partial charge < -0.3 is 14.6 Å². The van der Waals surface area contributed by atoms with Crippen LogP contribution in [-0.4, -0.2) is 36.3 Å². The van der Waals surface area contributed by atoms with E-state index in [2.05, 4.69) is 14.9 Å². The maximum Gasteiger partial charge on any atom is 0.266 e. The fraction of sp³-hybridized carbons (Fsp3) is 0.600. The standard InChI is InChI=1S/C10H14IN3O2/c1-16-5-4-14(7-2-3-7)9-8(11)10(15)13-6-12-9/h6-7H,2-5H2,1H3,(H,12,13,15). The lowest BCUT2D eigenvalue weighted by molar-refractivity contribution is 0.204. The topological polar surface area (TPSA) is 58.2 Å². The molecule has 16 heavy (non-hydrogen) atoms. The molecule has 6 heteroatoms. The third kappa shape index (κ3) is 2.54. The van der Waals surface area contributed by atoms with Gasteiger partial charge in [-0.1, -0.05) is 0 Å². The molecule has 88 valence electrons. The number of H-pyrrole nitrogens is 1. The molecule has 1 aliphatic rings. The monoisotopic (exact) mass is 335 g/mol. The van der Waals surface area contributed by atoms with Crippen LogP contribution in [0.3, 0.4) is 0 Å². The number of hydrogen-bond donors (Lipinski definition) is 1. The highest BCUT2D eigenvalue weighted by Gasteiger charge is 2.31. The minimum Gasteiger partial charge on any atom is -0.383 e. The van der Waals surface area contributed by atoms with Crippen LogP contribution >= 0.6 is 22.6 Å². The molecular weight excluding hydrogens is 321 g/mol. The lowest BCUT2D eigenvalue weighted by Crippen LogP contribution is -2.32. The first-order chi connectivity index (χ1) is 7.74. The normalized spacial score (nSPS) is 15.1. The van der Waals surface area contributed by atoms with Crippen molar-refractivity contribution in [2.24, 2.45) is 0 Å². The molecule has 1 saturated carbocycles. The van der Waals surface area contributed by atoms with Gasteiger partial charge >= 0.3 is 0 Å². The van der Waals surface area contributed by atoms with Crippen LogP contribution in [0, 0.1) is 3.57 Å². The van der Waals surface area contributed by atoms with Gasteiger partial charge in [-0.3, -0.25) is 4.79 Å². The Kier molecular flexibility index (Phi) is 3.80. The number of rotatable bonds is 5. The summed E-state index contributed by atoms with van der Waals surface area (Å²) in [6.07, 6.45) is 3.81. The molecule has 2 rings (SSSR count). The van der Waals surface area contributed by atoms with E-state index in [9.17, 15) is 4.79 Å². The van der Waals surface area contributed by atoms with Crippen molar-refractivity contribution in [1.29, 1.82) is 0 Å². The van der Waals surface area contributed by atoms with Crippen molar-refractivity contribution in [1.82, 2.24) is 9.97 Å². The highest BCUT2D eigenvalue weighted by atomic mass is 127. The lowest BCUT2D eigenvalue weighted by atomic mass is 10.4. The van der Waals surface area contributed by atoms with Crippen LogP contribution in [0.25, 0.3) is 0 Å². The van der Waals surface area contributed by atoms with Gasteiger partial charge in [-0.15, -0.1) is 0 Å². The Bertz CT molecular complexity index is 417. The number of nitrogens with zero attached hydrogens (tertiary/aromatic N) is 2. The molecule has 0 bridgehead atoms. The molecule has 0 spiro atoms. The van der Waals surface area contributed by atoms with Gasteiger partial charge in [0.1, 0.15) is 9.39 Å². The Morgan fingerprint density at radius 2 is 2.44 bits per heavy atom. The molecule has 1 aromatic rings. The van der Waals surface area contributed by atoms with Crippen LogP contribution in [0.5, 0.6) is 0 Å². The summed E-state index contributed by atoms with van der Waals surface area (Å²) in [6, 6.07) is 0.526. The Hall–Kier alpha value is -0.630. The highest BCUT2D eigenvalue weighted by molar-refractivity contribution is 14.1. The summed E-state index contributed by atoms with van der Waals surface area (Å²) in [4.78, 5) is 20.5. The van der Waals surface area contributed by atoms with Crippen molar-refractivity contribution in [2.45, 2.75) is 18.9 Å². The van der Waals surface area contributed by atoms with E-state index in [0.29, 0.717) is 16.2 Å². The summed E-state index contributed by atoms with van der Waals surface area (Å²) < 4.78 is 5.74. The second-order valence-corrected chi connectivity index (χ2v) is 4.87. The van der Waals surface area contributed by atoms with E-state index in [1.807, 2.05) is 22.6 Å². The van der Waals surface area contributed by atoms with Gasteiger partial charge in [0.15, 0.2) is 0 Å². The van der Waals surface area contributed by atoms with Crippen LogP contribution in [0.2, 0.25) is 0 Å². The minimum absolute atomic E-state index is 0.0753. The molecule has 1 fully saturated rings. The molecule has 0 amide bonds. The lowest BCUT2D eigenvalue weighted by Gasteiger charge is -2.23. The fourth-order valence-corrected chi connectivity index (χ4v) is 2.22. The minimum atomic E-state index is -0.0753. The van der Waals surface area contributed by atoms with Gasteiger partial charge in [0.05, 0.1) is 12.9 Å². The van der Waals surface area contributed by atoms with Gasteiger partial charge in [-0.05, 0) is 35.4 Å².